The molecule has 4 rings (SSSR count). The van der Waals surface area contributed by atoms with Crippen molar-refractivity contribution in [2.45, 2.75) is 6.92 Å². The number of aromatic nitrogens is 3. The molecule has 0 spiro atoms. The molecule has 1 N–H and O–H groups in total. The third-order valence-electron chi connectivity index (χ3n) is 4.90. The Morgan fingerprint density at radius 1 is 1.00 bits per heavy atom. The highest BCUT2D eigenvalue weighted by atomic mass is 35.5. The summed E-state index contributed by atoms with van der Waals surface area (Å²) in [5.41, 5.74) is 2.91. The Labute approximate surface area is 190 Å². The molecule has 0 saturated carbocycles. The summed E-state index contributed by atoms with van der Waals surface area (Å²) in [5, 5.41) is 7.89. The zero-order valence-electron chi connectivity index (χ0n) is 17.8. The van der Waals surface area contributed by atoms with Crippen LogP contribution in [-0.4, -0.2) is 34.9 Å². The van der Waals surface area contributed by atoms with Gasteiger partial charge in [0.1, 0.15) is 11.5 Å². The van der Waals surface area contributed by atoms with Crippen LogP contribution in [0.15, 0.2) is 66.7 Å². The lowest BCUT2D eigenvalue weighted by molar-refractivity contribution is 0.101. The number of hydrogen-bond acceptors (Lipinski definition) is 5. The highest BCUT2D eigenvalue weighted by Crippen LogP contribution is 2.30. The largest absolute Gasteiger partial charge is 0.497 e. The van der Waals surface area contributed by atoms with Gasteiger partial charge in [0.05, 0.1) is 25.6 Å². The average molecular weight is 449 g/mol. The average Bonchev–Trinajstić information content (AvgIpc) is 3.27. The van der Waals surface area contributed by atoms with E-state index in [-0.39, 0.29) is 5.82 Å². The van der Waals surface area contributed by atoms with Gasteiger partial charge in [0.2, 0.25) is 5.82 Å². The maximum Gasteiger partial charge on any atom is 0.295 e. The van der Waals surface area contributed by atoms with E-state index in [1.54, 1.807) is 36.1 Å². The van der Waals surface area contributed by atoms with Crippen molar-refractivity contribution in [1.82, 2.24) is 14.8 Å². The first-order valence-corrected chi connectivity index (χ1v) is 10.2. The maximum absolute atomic E-state index is 13.1. The number of anilines is 1. The number of nitrogens with zero attached hydrogens (tertiary/aromatic N) is 3. The molecule has 0 atom stereocenters. The van der Waals surface area contributed by atoms with Crippen LogP contribution in [0.3, 0.4) is 0 Å². The van der Waals surface area contributed by atoms with Crippen molar-refractivity contribution in [3.8, 4) is 28.6 Å². The molecule has 7 nitrogen and oxygen atoms in total. The van der Waals surface area contributed by atoms with Gasteiger partial charge in [0.25, 0.3) is 5.91 Å². The van der Waals surface area contributed by atoms with Crippen molar-refractivity contribution in [1.29, 1.82) is 0 Å². The minimum atomic E-state index is -0.481. The van der Waals surface area contributed by atoms with E-state index in [1.165, 1.54) is 7.11 Å². The lowest BCUT2D eigenvalue weighted by Gasteiger charge is -2.10. The first-order valence-electron chi connectivity index (χ1n) is 9.82. The molecule has 3 aromatic carbocycles. The minimum Gasteiger partial charge on any atom is -0.497 e. The number of carbonyl (C=O) groups excluding carboxylic acids is 1. The number of carbonyl (C=O) groups is 1. The van der Waals surface area contributed by atoms with Gasteiger partial charge in [-0.25, -0.2) is 9.67 Å². The summed E-state index contributed by atoms with van der Waals surface area (Å²) in [6.45, 7) is 1.92. The third-order valence-corrected chi connectivity index (χ3v) is 5.30. The number of ether oxygens (including phenoxy) is 2. The number of nitrogens with one attached hydrogen (secondary N) is 1. The van der Waals surface area contributed by atoms with Gasteiger partial charge in [0.15, 0.2) is 5.82 Å². The van der Waals surface area contributed by atoms with Gasteiger partial charge >= 0.3 is 0 Å². The second-order valence-electron chi connectivity index (χ2n) is 6.99. The van der Waals surface area contributed by atoms with Crippen molar-refractivity contribution in [2.24, 2.45) is 0 Å². The Kier molecular flexibility index (Phi) is 6.09. The predicted molar refractivity (Wildman–Crippen MR) is 124 cm³/mol. The quantitative estimate of drug-likeness (QED) is 0.440. The van der Waals surface area contributed by atoms with Crippen LogP contribution in [0.4, 0.5) is 5.69 Å². The molecule has 1 amide bonds. The molecule has 4 aromatic rings. The van der Waals surface area contributed by atoms with Crippen LogP contribution in [0.5, 0.6) is 11.5 Å². The molecule has 1 heterocycles. The number of aryl methyl sites for hydroxylation is 1. The molecular formula is C24H21ClN4O3. The smallest absolute Gasteiger partial charge is 0.295 e. The molecule has 0 saturated heterocycles. The number of halogens is 1. The van der Waals surface area contributed by atoms with Gasteiger partial charge in [-0.05, 0) is 36.8 Å². The summed E-state index contributed by atoms with van der Waals surface area (Å²) in [5.74, 6) is 1.12. The van der Waals surface area contributed by atoms with Crippen LogP contribution in [0.2, 0.25) is 5.02 Å². The van der Waals surface area contributed by atoms with E-state index in [2.05, 4.69) is 15.4 Å². The van der Waals surface area contributed by atoms with Crippen LogP contribution >= 0.6 is 11.6 Å². The zero-order chi connectivity index (χ0) is 22.7. The molecule has 162 valence electrons. The van der Waals surface area contributed by atoms with E-state index in [4.69, 9.17) is 21.1 Å². The fraction of sp³-hybridized carbons (Fsp3) is 0.125. The van der Waals surface area contributed by atoms with Crippen LogP contribution in [0.1, 0.15) is 16.2 Å². The summed E-state index contributed by atoms with van der Waals surface area (Å²) < 4.78 is 12.2. The first-order chi connectivity index (χ1) is 15.5. The number of rotatable bonds is 6. The van der Waals surface area contributed by atoms with Gasteiger partial charge in [-0.15, -0.1) is 5.10 Å². The lowest BCUT2D eigenvalue weighted by atomic mass is 10.2. The highest BCUT2D eigenvalue weighted by Gasteiger charge is 2.20. The van der Waals surface area contributed by atoms with Crippen molar-refractivity contribution < 1.29 is 14.3 Å². The number of benzene rings is 3. The molecule has 0 radical (unpaired) electrons. The van der Waals surface area contributed by atoms with Crippen LogP contribution in [0, 0.1) is 6.92 Å². The number of methoxy groups -OCH3 is 2. The second-order valence-corrected chi connectivity index (χ2v) is 7.40. The molecule has 0 aliphatic heterocycles. The van der Waals surface area contributed by atoms with Gasteiger partial charge in [0, 0.05) is 16.7 Å². The molecule has 0 aliphatic carbocycles. The summed E-state index contributed by atoms with van der Waals surface area (Å²) in [4.78, 5) is 17.6. The standard InChI is InChI=1S/C24H21ClN4O3/c1-15-9-10-17(13-19(15)25)29-23(16-7-5-4-6-8-16)27-22(28-29)24(30)26-20-14-18(31-2)11-12-21(20)32-3/h4-14H,1-3H3,(H,26,30). The molecule has 0 unspecified atom stereocenters. The Hall–Kier alpha value is -3.84. The fourth-order valence-corrected chi connectivity index (χ4v) is 3.34. The Balaban J connectivity index is 1.76. The fourth-order valence-electron chi connectivity index (χ4n) is 3.17. The van der Waals surface area contributed by atoms with Gasteiger partial charge in [-0.1, -0.05) is 48.0 Å². The monoisotopic (exact) mass is 448 g/mol. The van der Waals surface area contributed by atoms with Crippen LogP contribution < -0.4 is 14.8 Å². The van der Waals surface area contributed by atoms with Crippen molar-refractivity contribution in [2.75, 3.05) is 19.5 Å². The van der Waals surface area contributed by atoms with Gasteiger partial charge < -0.3 is 14.8 Å². The maximum atomic E-state index is 13.1. The van der Waals surface area contributed by atoms with Gasteiger partial charge in [-0.3, -0.25) is 4.79 Å². The normalized spacial score (nSPS) is 10.6. The summed E-state index contributed by atoms with van der Waals surface area (Å²) in [6, 6.07) is 20.2. The Morgan fingerprint density at radius 2 is 1.78 bits per heavy atom. The van der Waals surface area contributed by atoms with E-state index in [1.807, 2.05) is 49.4 Å². The molecule has 32 heavy (non-hydrogen) atoms. The topological polar surface area (TPSA) is 78.3 Å². The number of hydrogen-bond donors (Lipinski definition) is 1. The van der Waals surface area contributed by atoms with E-state index in [0.29, 0.717) is 33.7 Å². The SMILES string of the molecule is COc1ccc(OC)c(NC(=O)c2nc(-c3ccccc3)n(-c3ccc(C)c(Cl)c3)n2)c1. The van der Waals surface area contributed by atoms with Crippen LogP contribution in [0.25, 0.3) is 17.1 Å². The summed E-state index contributed by atoms with van der Waals surface area (Å²) >= 11 is 6.33. The number of amides is 1. The van der Waals surface area contributed by atoms with E-state index < -0.39 is 5.91 Å². The zero-order valence-corrected chi connectivity index (χ0v) is 18.6. The predicted octanol–water partition coefficient (Wildman–Crippen LogP) is 5.17. The third kappa shape index (κ3) is 4.29. The van der Waals surface area contributed by atoms with E-state index in [9.17, 15) is 4.79 Å². The van der Waals surface area contributed by atoms with E-state index >= 15 is 0 Å². The first kappa shape index (κ1) is 21.4. The van der Waals surface area contributed by atoms with E-state index in [0.717, 1.165) is 11.1 Å². The summed E-state index contributed by atoms with van der Waals surface area (Å²) in [6.07, 6.45) is 0. The highest BCUT2D eigenvalue weighted by molar-refractivity contribution is 6.31. The minimum absolute atomic E-state index is 0.00502. The van der Waals surface area contributed by atoms with Crippen molar-refractivity contribution in [3.05, 3.63) is 83.1 Å². The van der Waals surface area contributed by atoms with Crippen LogP contribution in [-0.2, 0) is 0 Å². The second kappa shape index (κ2) is 9.11. The Morgan fingerprint density at radius 3 is 2.47 bits per heavy atom. The molecular weight excluding hydrogens is 428 g/mol. The molecule has 8 heteroatoms. The molecule has 0 aliphatic rings. The lowest BCUT2D eigenvalue weighted by Crippen LogP contribution is -2.15. The van der Waals surface area contributed by atoms with Crippen molar-refractivity contribution >= 4 is 23.2 Å². The summed E-state index contributed by atoms with van der Waals surface area (Å²) in [7, 11) is 3.08. The molecule has 1 aromatic heterocycles. The molecule has 0 bridgehead atoms. The Bertz CT molecular complexity index is 1270. The van der Waals surface area contributed by atoms with Crippen molar-refractivity contribution in [3.63, 3.8) is 0 Å². The van der Waals surface area contributed by atoms with Gasteiger partial charge in [-0.2, -0.15) is 0 Å². The molecule has 0 fully saturated rings.